The zero-order valence-electron chi connectivity index (χ0n) is 11.8. The van der Waals surface area contributed by atoms with E-state index in [1.807, 2.05) is 18.3 Å². The third-order valence-corrected chi connectivity index (χ3v) is 4.87. The third-order valence-electron chi connectivity index (χ3n) is 3.92. The zero-order valence-corrected chi connectivity index (χ0v) is 12.6. The molecule has 0 amide bonds. The van der Waals surface area contributed by atoms with E-state index >= 15 is 0 Å². The summed E-state index contributed by atoms with van der Waals surface area (Å²) in [4.78, 5) is 1.47. The number of furan rings is 1. The summed E-state index contributed by atoms with van der Waals surface area (Å²) in [7, 11) is 0. The van der Waals surface area contributed by atoms with Gasteiger partial charge in [0, 0.05) is 22.5 Å². The predicted octanol–water partition coefficient (Wildman–Crippen LogP) is 4.76. The Kier molecular flexibility index (Phi) is 3.50. The Morgan fingerprint density at radius 1 is 1.37 bits per heavy atom. The van der Waals surface area contributed by atoms with Crippen molar-refractivity contribution in [1.29, 1.82) is 0 Å². The Morgan fingerprint density at radius 2 is 2.16 bits per heavy atom. The third kappa shape index (κ3) is 2.77. The summed E-state index contributed by atoms with van der Waals surface area (Å²) in [5.74, 6) is 2.85. The van der Waals surface area contributed by atoms with E-state index < -0.39 is 0 Å². The first kappa shape index (κ1) is 12.9. The van der Waals surface area contributed by atoms with Gasteiger partial charge in [0.2, 0.25) is 0 Å². The van der Waals surface area contributed by atoms with Crippen molar-refractivity contribution >= 4 is 11.3 Å². The molecule has 19 heavy (non-hydrogen) atoms. The molecule has 1 N–H and O–H groups in total. The molecule has 1 fully saturated rings. The van der Waals surface area contributed by atoms with E-state index in [0.717, 1.165) is 17.4 Å². The summed E-state index contributed by atoms with van der Waals surface area (Å²) >= 11 is 1.86. The Morgan fingerprint density at radius 3 is 2.68 bits per heavy atom. The maximum atomic E-state index is 5.65. The van der Waals surface area contributed by atoms with Crippen LogP contribution in [0.2, 0.25) is 0 Å². The van der Waals surface area contributed by atoms with Gasteiger partial charge in [-0.3, -0.25) is 0 Å². The van der Waals surface area contributed by atoms with Gasteiger partial charge in [0.05, 0.1) is 0 Å². The quantitative estimate of drug-likeness (QED) is 0.851. The lowest BCUT2D eigenvalue weighted by molar-refractivity contribution is 0.425. The van der Waals surface area contributed by atoms with Crippen molar-refractivity contribution in [3.63, 3.8) is 0 Å². The van der Waals surface area contributed by atoms with Crippen LogP contribution in [0.1, 0.15) is 53.8 Å². The van der Waals surface area contributed by atoms with Gasteiger partial charge in [-0.2, -0.15) is 0 Å². The second kappa shape index (κ2) is 5.14. The molecule has 2 aromatic rings. The molecule has 0 aromatic carbocycles. The van der Waals surface area contributed by atoms with E-state index in [1.165, 1.54) is 23.3 Å². The Bertz CT molecular complexity index is 539. The molecule has 2 aromatic heterocycles. The summed E-state index contributed by atoms with van der Waals surface area (Å²) < 4.78 is 5.65. The second-order valence-electron chi connectivity index (χ2n) is 5.59. The van der Waals surface area contributed by atoms with E-state index in [9.17, 15) is 0 Å². The minimum atomic E-state index is 0.338. The highest BCUT2D eigenvalue weighted by molar-refractivity contribution is 7.10. The minimum absolute atomic E-state index is 0.338. The van der Waals surface area contributed by atoms with Gasteiger partial charge in [0.15, 0.2) is 0 Å². The number of hydrogen-bond acceptors (Lipinski definition) is 3. The molecule has 1 saturated carbocycles. The van der Waals surface area contributed by atoms with Crippen molar-refractivity contribution in [2.45, 2.75) is 45.7 Å². The van der Waals surface area contributed by atoms with E-state index in [1.54, 1.807) is 0 Å². The molecule has 2 heterocycles. The van der Waals surface area contributed by atoms with Crippen molar-refractivity contribution in [1.82, 2.24) is 5.32 Å². The fraction of sp³-hybridized carbons (Fsp3) is 0.500. The molecular weight excluding hydrogens is 254 g/mol. The predicted molar refractivity (Wildman–Crippen MR) is 79.5 cm³/mol. The standard InChI is InChI=1S/C16H21NOS/c1-10-9-14(12(3)18-10)11(2)17-16(13-6-7-13)15-5-4-8-19-15/h4-5,8-9,11,13,16-17H,6-7H2,1-3H3. The van der Waals surface area contributed by atoms with Crippen LogP contribution in [0.15, 0.2) is 28.0 Å². The van der Waals surface area contributed by atoms with E-state index in [0.29, 0.717) is 12.1 Å². The highest BCUT2D eigenvalue weighted by Crippen LogP contribution is 2.43. The summed E-state index contributed by atoms with van der Waals surface area (Å²) in [5.41, 5.74) is 1.29. The van der Waals surface area contributed by atoms with Crippen molar-refractivity contribution in [3.05, 3.63) is 45.5 Å². The smallest absolute Gasteiger partial charge is 0.105 e. The van der Waals surface area contributed by atoms with Crippen molar-refractivity contribution < 1.29 is 4.42 Å². The summed E-state index contributed by atoms with van der Waals surface area (Å²) in [6, 6.07) is 7.40. The lowest BCUT2D eigenvalue weighted by atomic mass is 10.1. The van der Waals surface area contributed by atoms with Crippen molar-refractivity contribution in [2.75, 3.05) is 0 Å². The topological polar surface area (TPSA) is 25.2 Å². The molecule has 1 aliphatic rings. The van der Waals surface area contributed by atoms with Crippen LogP contribution < -0.4 is 5.32 Å². The highest BCUT2D eigenvalue weighted by Gasteiger charge is 2.34. The monoisotopic (exact) mass is 275 g/mol. The Labute approximate surface area is 118 Å². The molecule has 0 bridgehead atoms. The van der Waals surface area contributed by atoms with Gasteiger partial charge in [0.1, 0.15) is 11.5 Å². The van der Waals surface area contributed by atoms with Gasteiger partial charge >= 0.3 is 0 Å². The molecule has 2 nitrogen and oxygen atoms in total. The van der Waals surface area contributed by atoms with E-state index in [2.05, 4.69) is 42.7 Å². The van der Waals surface area contributed by atoms with Crippen LogP contribution in [0, 0.1) is 19.8 Å². The first-order valence-corrected chi connectivity index (χ1v) is 7.89. The van der Waals surface area contributed by atoms with E-state index in [4.69, 9.17) is 4.42 Å². The lowest BCUT2D eigenvalue weighted by Gasteiger charge is -2.22. The largest absolute Gasteiger partial charge is 0.466 e. The SMILES string of the molecule is Cc1cc(C(C)NC(c2cccs2)C2CC2)c(C)o1. The fourth-order valence-corrected chi connectivity index (χ4v) is 3.67. The average Bonchev–Trinajstić information content (AvgIpc) is 2.94. The van der Waals surface area contributed by atoms with Crippen LogP contribution in [-0.2, 0) is 0 Å². The molecule has 102 valence electrons. The van der Waals surface area contributed by atoms with E-state index in [-0.39, 0.29) is 0 Å². The molecule has 0 spiro atoms. The normalized spacial score (nSPS) is 18.5. The van der Waals surface area contributed by atoms with Gasteiger partial charge in [0.25, 0.3) is 0 Å². The Balaban J connectivity index is 1.77. The molecule has 2 unspecified atom stereocenters. The van der Waals surface area contributed by atoms with Gasteiger partial charge < -0.3 is 9.73 Å². The van der Waals surface area contributed by atoms with Gasteiger partial charge in [-0.05, 0) is 57.0 Å². The molecule has 3 rings (SSSR count). The Hall–Kier alpha value is -1.06. The van der Waals surface area contributed by atoms with Gasteiger partial charge in [-0.15, -0.1) is 11.3 Å². The highest BCUT2D eigenvalue weighted by atomic mass is 32.1. The molecule has 0 saturated heterocycles. The lowest BCUT2D eigenvalue weighted by Crippen LogP contribution is -2.25. The molecular formula is C16H21NOS. The second-order valence-corrected chi connectivity index (χ2v) is 6.57. The number of hydrogen-bond donors (Lipinski definition) is 1. The van der Waals surface area contributed by atoms with Crippen LogP contribution in [0.3, 0.4) is 0 Å². The fourth-order valence-electron chi connectivity index (χ4n) is 2.79. The van der Waals surface area contributed by atoms with Gasteiger partial charge in [-0.25, -0.2) is 0 Å². The molecule has 3 heteroatoms. The summed E-state index contributed by atoms with van der Waals surface area (Å²) in [5, 5.41) is 5.97. The van der Waals surface area contributed by atoms with Crippen molar-refractivity contribution in [3.8, 4) is 0 Å². The van der Waals surface area contributed by atoms with Crippen LogP contribution in [-0.4, -0.2) is 0 Å². The summed E-state index contributed by atoms with van der Waals surface area (Å²) in [6.45, 7) is 6.30. The first-order valence-electron chi connectivity index (χ1n) is 7.01. The zero-order chi connectivity index (χ0) is 13.4. The molecule has 2 atom stereocenters. The molecule has 0 radical (unpaired) electrons. The van der Waals surface area contributed by atoms with Gasteiger partial charge in [-0.1, -0.05) is 6.07 Å². The number of nitrogens with one attached hydrogen (secondary N) is 1. The summed E-state index contributed by atoms with van der Waals surface area (Å²) in [6.07, 6.45) is 2.71. The molecule has 0 aliphatic heterocycles. The molecule has 1 aliphatic carbocycles. The van der Waals surface area contributed by atoms with Crippen molar-refractivity contribution in [2.24, 2.45) is 5.92 Å². The maximum absolute atomic E-state index is 5.65. The average molecular weight is 275 g/mol. The number of thiophene rings is 1. The first-order chi connectivity index (χ1) is 9.15. The minimum Gasteiger partial charge on any atom is -0.466 e. The maximum Gasteiger partial charge on any atom is 0.105 e. The van der Waals surface area contributed by atoms with Crippen LogP contribution in [0.5, 0.6) is 0 Å². The van der Waals surface area contributed by atoms with Crippen LogP contribution in [0.4, 0.5) is 0 Å². The van der Waals surface area contributed by atoms with Crippen LogP contribution in [0.25, 0.3) is 0 Å². The number of aryl methyl sites for hydroxylation is 2. The number of rotatable bonds is 5. The van der Waals surface area contributed by atoms with Crippen LogP contribution >= 0.6 is 11.3 Å².